The number of carbonyl (C=O) groups is 1. The zero-order chi connectivity index (χ0) is 7.98. The van der Waals surface area contributed by atoms with Crippen molar-refractivity contribution in [3.8, 4) is 0 Å². The van der Waals surface area contributed by atoms with Crippen LogP contribution in [-0.4, -0.2) is 29.2 Å². The van der Waals surface area contributed by atoms with Gasteiger partial charge in [0.25, 0.3) is 5.91 Å². The lowest BCUT2D eigenvalue weighted by Crippen LogP contribution is -2.35. The molecule has 0 aliphatic heterocycles. The van der Waals surface area contributed by atoms with Crippen LogP contribution in [0.5, 0.6) is 0 Å². The monoisotopic (exact) mass is 162 g/mol. The highest BCUT2D eigenvalue weighted by Crippen LogP contribution is 1.74. The predicted molar refractivity (Wildman–Crippen MR) is 41.5 cm³/mol. The summed E-state index contributed by atoms with van der Waals surface area (Å²) in [5.41, 5.74) is 4.81. The Morgan fingerprint density at radius 3 is 2.70 bits per heavy atom. The van der Waals surface area contributed by atoms with E-state index in [0.29, 0.717) is 13.0 Å². The van der Waals surface area contributed by atoms with Crippen molar-refractivity contribution in [2.24, 2.45) is 5.73 Å². The van der Waals surface area contributed by atoms with Gasteiger partial charge in [-0.1, -0.05) is 12.2 Å². The second kappa shape index (κ2) is 5.13. The number of rotatable bonds is 3. The summed E-state index contributed by atoms with van der Waals surface area (Å²) in [5, 5.41) is 10.9. The number of primary amides is 1. The lowest BCUT2D eigenvalue weighted by atomic mass is 10.4. The number of nitrogens with two attached hydrogens (primary N) is 1. The van der Waals surface area contributed by atoms with Gasteiger partial charge in [0, 0.05) is 13.2 Å². The molecular formula is C5H10N2O2S. The Morgan fingerprint density at radius 2 is 2.30 bits per heavy atom. The summed E-state index contributed by atoms with van der Waals surface area (Å²) in [6, 6.07) is 0. The molecule has 0 heterocycles. The van der Waals surface area contributed by atoms with Gasteiger partial charge in [0.15, 0.2) is 4.99 Å². The first-order valence-corrected chi connectivity index (χ1v) is 3.27. The van der Waals surface area contributed by atoms with Crippen LogP contribution in [0.4, 0.5) is 0 Å². The fourth-order valence-electron chi connectivity index (χ4n) is 0.368. The molecule has 4 nitrogen and oxygen atoms in total. The van der Waals surface area contributed by atoms with Crippen LogP contribution in [0.25, 0.3) is 0 Å². The molecule has 0 bridgehead atoms. The standard InChI is InChI=1S/C5H10N2O2S/c6-4(9)5(10)7-2-1-3-8/h8H,1-3H2,(H2,6,9)(H,7,10). The summed E-state index contributed by atoms with van der Waals surface area (Å²) in [4.78, 5) is 10.3. The van der Waals surface area contributed by atoms with Crippen molar-refractivity contribution in [2.75, 3.05) is 13.2 Å². The minimum Gasteiger partial charge on any atom is -0.396 e. The van der Waals surface area contributed by atoms with E-state index in [1.54, 1.807) is 0 Å². The van der Waals surface area contributed by atoms with Gasteiger partial charge in [-0.2, -0.15) is 0 Å². The molecule has 10 heavy (non-hydrogen) atoms. The topological polar surface area (TPSA) is 75.4 Å². The highest BCUT2D eigenvalue weighted by Gasteiger charge is 1.99. The van der Waals surface area contributed by atoms with E-state index in [1.165, 1.54) is 0 Å². The van der Waals surface area contributed by atoms with Crippen molar-refractivity contribution in [3.63, 3.8) is 0 Å². The van der Waals surface area contributed by atoms with Crippen molar-refractivity contribution in [1.29, 1.82) is 0 Å². The minimum atomic E-state index is -0.632. The molecule has 0 fully saturated rings. The number of aliphatic hydroxyl groups excluding tert-OH is 1. The predicted octanol–water partition coefficient (Wildman–Crippen LogP) is -1.23. The van der Waals surface area contributed by atoms with Gasteiger partial charge in [0.1, 0.15) is 0 Å². The maximum Gasteiger partial charge on any atom is 0.276 e. The Labute approximate surface area is 64.4 Å². The van der Waals surface area contributed by atoms with Crippen molar-refractivity contribution >= 4 is 23.1 Å². The lowest BCUT2D eigenvalue weighted by molar-refractivity contribution is -0.112. The van der Waals surface area contributed by atoms with Gasteiger partial charge in [-0.05, 0) is 6.42 Å². The van der Waals surface area contributed by atoms with Crippen molar-refractivity contribution in [2.45, 2.75) is 6.42 Å². The van der Waals surface area contributed by atoms with Crippen LogP contribution in [-0.2, 0) is 4.79 Å². The lowest BCUT2D eigenvalue weighted by Gasteiger charge is -2.01. The molecule has 0 atom stereocenters. The molecule has 0 rings (SSSR count). The molecule has 0 saturated heterocycles. The molecular weight excluding hydrogens is 152 g/mol. The highest BCUT2D eigenvalue weighted by atomic mass is 32.1. The number of hydrogen-bond donors (Lipinski definition) is 3. The third-order valence-electron chi connectivity index (χ3n) is 0.844. The molecule has 0 aromatic rings. The Kier molecular flexibility index (Phi) is 4.78. The number of nitrogens with one attached hydrogen (secondary N) is 1. The first-order chi connectivity index (χ1) is 4.68. The SMILES string of the molecule is NC(=O)C(=S)NCCCO. The van der Waals surface area contributed by atoms with Gasteiger partial charge in [-0.3, -0.25) is 4.79 Å². The molecule has 0 spiro atoms. The van der Waals surface area contributed by atoms with E-state index >= 15 is 0 Å². The average Bonchev–Trinajstić information content (AvgIpc) is 1.88. The molecule has 1 amide bonds. The Bertz CT molecular complexity index is 138. The quantitative estimate of drug-likeness (QED) is 0.359. The van der Waals surface area contributed by atoms with Crippen molar-refractivity contribution < 1.29 is 9.90 Å². The number of thiocarbonyl (C=S) groups is 1. The summed E-state index contributed by atoms with van der Waals surface area (Å²) in [7, 11) is 0. The van der Waals surface area contributed by atoms with Crippen LogP contribution in [0.2, 0.25) is 0 Å². The minimum absolute atomic E-state index is 0.0217. The van der Waals surface area contributed by atoms with Gasteiger partial charge < -0.3 is 16.2 Å². The molecule has 4 N–H and O–H groups in total. The van der Waals surface area contributed by atoms with Gasteiger partial charge in [0.2, 0.25) is 0 Å². The first-order valence-electron chi connectivity index (χ1n) is 2.87. The van der Waals surface area contributed by atoms with E-state index in [1.807, 2.05) is 0 Å². The second-order valence-electron chi connectivity index (χ2n) is 1.70. The molecule has 0 radical (unpaired) electrons. The van der Waals surface area contributed by atoms with Crippen LogP contribution in [0.3, 0.4) is 0 Å². The maximum atomic E-state index is 10.2. The Morgan fingerprint density at radius 1 is 1.70 bits per heavy atom. The van der Waals surface area contributed by atoms with E-state index in [4.69, 9.17) is 10.8 Å². The van der Waals surface area contributed by atoms with Crippen molar-refractivity contribution in [3.05, 3.63) is 0 Å². The van der Waals surface area contributed by atoms with E-state index in [0.717, 1.165) is 0 Å². The van der Waals surface area contributed by atoms with Gasteiger partial charge in [0.05, 0.1) is 0 Å². The molecule has 0 saturated carbocycles. The second-order valence-corrected chi connectivity index (χ2v) is 2.11. The summed E-state index contributed by atoms with van der Waals surface area (Å²) in [6.07, 6.45) is 0.563. The van der Waals surface area contributed by atoms with E-state index < -0.39 is 5.91 Å². The van der Waals surface area contributed by atoms with Crippen LogP contribution in [0.15, 0.2) is 0 Å². The fourth-order valence-corrected chi connectivity index (χ4v) is 0.470. The number of carbonyl (C=O) groups excluding carboxylic acids is 1. The van der Waals surface area contributed by atoms with Crippen LogP contribution in [0, 0.1) is 0 Å². The summed E-state index contributed by atoms with van der Waals surface area (Å²) < 4.78 is 0. The van der Waals surface area contributed by atoms with Gasteiger partial charge in [-0.25, -0.2) is 0 Å². The molecule has 0 unspecified atom stereocenters. The number of aliphatic hydroxyl groups is 1. The highest BCUT2D eigenvalue weighted by molar-refractivity contribution is 7.82. The van der Waals surface area contributed by atoms with Crippen LogP contribution < -0.4 is 11.1 Å². The molecule has 5 heteroatoms. The van der Waals surface area contributed by atoms with E-state index in [9.17, 15) is 4.79 Å². The maximum absolute atomic E-state index is 10.2. The largest absolute Gasteiger partial charge is 0.396 e. The third-order valence-corrected chi connectivity index (χ3v) is 1.19. The Balaban J connectivity index is 3.31. The zero-order valence-corrected chi connectivity index (χ0v) is 6.28. The van der Waals surface area contributed by atoms with Crippen molar-refractivity contribution in [1.82, 2.24) is 5.32 Å². The summed E-state index contributed by atoms with van der Waals surface area (Å²) in [5.74, 6) is -0.632. The van der Waals surface area contributed by atoms with E-state index in [2.05, 4.69) is 17.5 Å². The summed E-state index contributed by atoms with van der Waals surface area (Å²) >= 11 is 4.52. The van der Waals surface area contributed by atoms with Gasteiger partial charge in [-0.15, -0.1) is 0 Å². The van der Waals surface area contributed by atoms with Crippen LogP contribution in [0.1, 0.15) is 6.42 Å². The van der Waals surface area contributed by atoms with Gasteiger partial charge >= 0.3 is 0 Å². The zero-order valence-electron chi connectivity index (χ0n) is 5.46. The molecule has 58 valence electrons. The summed E-state index contributed by atoms with van der Waals surface area (Å²) in [6.45, 7) is 0.562. The smallest absolute Gasteiger partial charge is 0.276 e. The Hall–Kier alpha value is -0.680. The molecule has 0 aromatic carbocycles. The first kappa shape index (κ1) is 9.32. The van der Waals surface area contributed by atoms with Crippen LogP contribution >= 0.6 is 12.2 Å². The molecule has 0 aromatic heterocycles. The normalized spacial score (nSPS) is 8.90. The molecule has 0 aliphatic rings. The van der Waals surface area contributed by atoms with E-state index in [-0.39, 0.29) is 11.6 Å². The average molecular weight is 162 g/mol. The third kappa shape index (κ3) is 4.22. The molecule has 0 aliphatic carbocycles. The number of hydrogen-bond acceptors (Lipinski definition) is 3. The number of amides is 1. The fraction of sp³-hybridized carbons (Fsp3) is 0.600.